The van der Waals surface area contributed by atoms with Gasteiger partial charge in [0.05, 0.1) is 42.9 Å². The van der Waals surface area contributed by atoms with E-state index in [9.17, 15) is 0 Å². The van der Waals surface area contributed by atoms with Crippen LogP contribution in [0.15, 0.2) is 150 Å². The van der Waals surface area contributed by atoms with E-state index in [1.165, 1.54) is 0 Å². The molecule has 0 amide bonds. The number of aliphatic imine (C=N–C) groups is 4. The van der Waals surface area contributed by atoms with Crippen molar-refractivity contribution in [2.24, 2.45) is 20.0 Å². The van der Waals surface area contributed by atoms with Gasteiger partial charge in [0, 0.05) is 62.4 Å². The monoisotopic (exact) mass is 1020 g/mol. The van der Waals surface area contributed by atoms with Crippen LogP contribution in [-0.4, -0.2) is 22.8 Å². The Hall–Kier alpha value is -2.72. The first-order chi connectivity index (χ1) is 26.8. The van der Waals surface area contributed by atoms with E-state index < -0.39 is 11.3 Å². The van der Waals surface area contributed by atoms with Crippen LogP contribution in [0.5, 0.6) is 0 Å². The topological polar surface area (TPSA) is 49.4 Å². The van der Waals surface area contributed by atoms with E-state index in [2.05, 4.69) is 31.9 Å². The average molecular weight is 1020 g/mol. The molecule has 6 aromatic rings. The number of halogens is 10. The summed E-state index contributed by atoms with van der Waals surface area (Å²) in [5, 5.41) is 3.14. The molecule has 2 heterocycles. The second-order valence-corrected chi connectivity index (χ2v) is 17.7. The van der Waals surface area contributed by atoms with E-state index in [4.69, 9.17) is 113 Å². The van der Waals surface area contributed by atoms with Gasteiger partial charge in [-0.2, -0.15) is 0 Å². The third-order valence-electron chi connectivity index (χ3n) is 9.27. The Balaban J connectivity index is 1.59. The lowest BCUT2D eigenvalue weighted by atomic mass is 9.82. The molecular weight excluding hydrogens is 1000 g/mol. The highest BCUT2D eigenvalue weighted by Crippen LogP contribution is 2.57. The SMILES string of the molecule is Clc1ccc(C2=NC(c3ccccc3Br)(C3(c4ccccc4Br)N=C(c4ccc(Cl)cc4Cl)C(c4ccc(Cl)cc4Cl)=N3)N=C2c2ccc(Cl)cc2Cl)c(Cl)c1. The maximum absolute atomic E-state index is 7.00. The van der Waals surface area contributed by atoms with Crippen LogP contribution in [0.3, 0.4) is 0 Å². The van der Waals surface area contributed by atoms with Crippen molar-refractivity contribution in [3.8, 4) is 0 Å². The van der Waals surface area contributed by atoms with Crippen LogP contribution in [-0.2, 0) is 11.3 Å². The molecule has 0 saturated heterocycles. The highest BCUT2D eigenvalue weighted by Gasteiger charge is 2.62. The molecule has 2 aliphatic heterocycles. The minimum atomic E-state index is -1.72. The summed E-state index contributed by atoms with van der Waals surface area (Å²) >= 11 is 61.5. The van der Waals surface area contributed by atoms with Crippen LogP contribution >= 0.6 is 125 Å². The lowest BCUT2D eigenvalue weighted by Crippen LogP contribution is -2.43. The van der Waals surface area contributed by atoms with E-state index in [1.807, 2.05) is 48.5 Å². The molecule has 0 N–H and O–H groups in total. The molecular formula is C42H20Br2Cl8N4. The zero-order valence-corrected chi connectivity index (χ0v) is 37.3. The maximum Gasteiger partial charge on any atom is 0.227 e. The number of nitrogens with zero attached hydrogens (tertiary/aromatic N) is 4. The van der Waals surface area contributed by atoms with Crippen LogP contribution in [0.4, 0.5) is 0 Å². The van der Waals surface area contributed by atoms with Gasteiger partial charge in [-0.05, 0) is 84.9 Å². The summed E-state index contributed by atoms with van der Waals surface area (Å²) in [7, 11) is 0. The molecule has 4 nitrogen and oxygen atoms in total. The van der Waals surface area contributed by atoms with Crippen molar-refractivity contribution in [2.75, 3.05) is 0 Å². The molecule has 0 fully saturated rings. The largest absolute Gasteiger partial charge is 0.243 e. The standard InChI is InChI=1S/C42H20Br2Cl8N4/c43-31-7-3-1-5-29(31)41(53-37(25-13-9-21(45)17-33(25)49)38(54-41)26-14-10-22(46)18-34(26)50)42(30-6-2-4-8-32(30)44)55-39(27-15-11-23(47)19-35(27)51)40(56-42)28-16-12-24(48)20-36(28)52/h1-20H. The predicted molar refractivity (Wildman–Crippen MR) is 244 cm³/mol. The molecule has 8 rings (SSSR count). The minimum absolute atomic E-state index is 0.340. The van der Waals surface area contributed by atoms with Gasteiger partial charge in [0.15, 0.2) is 0 Å². The second kappa shape index (κ2) is 15.8. The Morgan fingerprint density at radius 1 is 0.339 bits per heavy atom. The Labute approximate surface area is 379 Å². The Morgan fingerprint density at radius 3 is 0.821 bits per heavy atom. The number of rotatable bonds is 7. The van der Waals surface area contributed by atoms with E-state index in [-0.39, 0.29) is 0 Å². The summed E-state index contributed by atoms with van der Waals surface area (Å²) in [6.07, 6.45) is 0. The van der Waals surface area contributed by atoms with Crippen molar-refractivity contribution >= 4 is 148 Å². The molecule has 0 atom stereocenters. The van der Waals surface area contributed by atoms with Crippen molar-refractivity contribution in [1.82, 2.24) is 0 Å². The highest BCUT2D eigenvalue weighted by molar-refractivity contribution is 9.10. The summed E-state index contributed by atoms with van der Waals surface area (Å²) in [4.78, 5) is 22.6. The van der Waals surface area contributed by atoms with Gasteiger partial charge >= 0.3 is 0 Å². The third kappa shape index (κ3) is 6.98. The van der Waals surface area contributed by atoms with Crippen LogP contribution < -0.4 is 0 Å². The molecule has 0 aliphatic carbocycles. The molecule has 56 heavy (non-hydrogen) atoms. The van der Waals surface area contributed by atoms with Crippen molar-refractivity contribution in [3.05, 3.63) is 204 Å². The van der Waals surface area contributed by atoms with Crippen LogP contribution in [0.2, 0.25) is 40.2 Å². The molecule has 0 bridgehead atoms. The quantitative estimate of drug-likeness (QED) is 0.153. The number of hydrogen-bond donors (Lipinski definition) is 0. The molecule has 0 saturated carbocycles. The van der Waals surface area contributed by atoms with E-state index in [1.54, 1.807) is 72.8 Å². The van der Waals surface area contributed by atoms with Crippen molar-refractivity contribution in [2.45, 2.75) is 11.3 Å². The molecule has 0 unspecified atom stereocenters. The number of hydrogen-bond acceptors (Lipinski definition) is 4. The lowest BCUT2D eigenvalue weighted by Gasteiger charge is -2.39. The smallest absolute Gasteiger partial charge is 0.227 e. The van der Waals surface area contributed by atoms with Gasteiger partial charge in [-0.15, -0.1) is 0 Å². The van der Waals surface area contributed by atoms with E-state index in [0.29, 0.717) is 105 Å². The van der Waals surface area contributed by atoms with Gasteiger partial charge in [0.25, 0.3) is 0 Å². The molecule has 0 aromatic heterocycles. The summed E-state index contributed by atoms with van der Waals surface area (Å²) in [6, 6.07) is 36.0. The summed E-state index contributed by atoms with van der Waals surface area (Å²) in [5.74, 6) is 0. The minimum Gasteiger partial charge on any atom is -0.243 e. The predicted octanol–water partition coefficient (Wildman–Crippen LogP) is 15.4. The lowest BCUT2D eigenvalue weighted by molar-refractivity contribution is 0.255. The fraction of sp³-hybridized carbons (Fsp3) is 0.0476. The molecule has 0 radical (unpaired) electrons. The van der Waals surface area contributed by atoms with Gasteiger partial charge < -0.3 is 0 Å². The molecule has 6 aromatic carbocycles. The third-order valence-corrected chi connectivity index (χ3v) is 12.8. The average Bonchev–Trinajstić information content (AvgIpc) is 3.74. The van der Waals surface area contributed by atoms with Crippen LogP contribution in [0.1, 0.15) is 33.4 Å². The van der Waals surface area contributed by atoms with Gasteiger partial charge in [-0.3, -0.25) is 0 Å². The first-order valence-corrected chi connectivity index (χ1v) is 21.1. The van der Waals surface area contributed by atoms with Crippen LogP contribution in [0, 0.1) is 0 Å². The van der Waals surface area contributed by atoms with Crippen molar-refractivity contribution in [1.29, 1.82) is 0 Å². The highest BCUT2D eigenvalue weighted by atomic mass is 79.9. The van der Waals surface area contributed by atoms with Crippen LogP contribution in [0.25, 0.3) is 0 Å². The van der Waals surface area contributed by atoms with E-state index in [0.717, 1.165) is 0 Å². The van der Waals surface area contributed by atoms with Crippen molar-refractivity contribution in [3.63, 3.8) is 0 Å². The Bertz CT molecular complexity index is 2430. The first-order valence-electron chi connectivity index (χ1n) is 16.5. The fourth-order valence-electron chi connectivity index (χ4n) is 6.80. The maximum atomic E-state index is 7.00. The normalized spacial score (nSPS) is 15.7. The number of benzene rings is 6. The Kier molecular flexibility index (Phi) is 11.3. The molecule has 0 spiro atoms. The van der Waals surface area contributed by atoms with Gasteiger partial charge in [-0.25, -0.2) is 20.0 Å². The van der Waals surface area contributed by atoms with E-state index >= 15 is 0 Å². The fourth-order valence-corrected chi connectivity index (χ4v) is 9.92. The first kappa shape index (κ1) is 40.1. The van der Waals surface area contributed by atoms with Crippen molar-refractivity contribution < 1.29 is 0 Å². The van der Waals surface area contributed by atoms with Gasteiger partial charge in [0.2, 0.25) is 11.3 Å². The van der Waals surface area contributed by atoms with Gasteiger partial charge in [0.1, 0.15) is 0 Å². The summed E-state index contributed by atoms with van der Waals surface area (Å²) in [5.41, 5.74) is 1.62. The van der Waals surface area contributed by atoms with Gasteiger partial charge in [-0.1, -0.05) is 161 Å². The zero-order chi connectivity index (χ0) is 39.5. The summed E-state index contributed by atoms with van der Waals surface area (Å²) < 4.78 is 1.36. The summed E-state index contributed by atoms with van der Waals surface area (Å²) in [6.45, 7) is 0. The molecule has 14 heteroatoms. The zero-order valence-electron chi connectivity index (χ0n) is 28.1. The molecule has 2 aliphatic rings. The Morgan fingerprint density at radius 2 is 0.589 bits per heavy atom. The molecule has 278 valence electrons. The second-order valence-electron chi connectivity index (χ2n) is 12.6.